The molecule has 15 heavy (non-hydrogen) atoms. The zero-order valence-electron chi connectivity index (χ0n) is 9.27. The maximum atomic E-state index is 9.78. The van der Waals surface area contributed by atoms with Crippen molar-refractivity contribution < 1.29 is 9.84 Å². The lowest BCUT2D eigenvalue weighted by Crippen LogP contribution is -2.04. The Kier molecular flexibility index (Phi) is 5.58. The van der Waals surface area contributed by atoms with E-state index in [1.165, 1.54) is 0 Å². The molecule has 0 amide bonds. The van der Waals surface area contributed by atoms with Crippen molar-refractivity contribution in [1.82, 2.24) is 0 Å². The topological polar surface area (TPSA) is 29.5 Å². The Morgan fingerprint density at radius 1 is 1.40 bits per heavy atom. The summed E-state index contributed by atoms with van der Waals surface area (Å²) in [4.78, 5) is 0. The lowest BCUT2D eigenvalue weighted by atomic mass is 10.1. The zero-order valence-corrected chi connectivity index (χ0v) is 10.1. The molecule has 0 aliphatic heterocycles. The van der Waals surface area contributed by atoms with Gasteiger partial charge in [-0.05, 0) is 18.7 Å². The molecular weight excluding hydrogens is 208 g/mol. The molecule has 0 saturated carbocycles. The van der Waals surface area contributed by atoms with E-state index in [1.807, 2.05) is 31.2 Å². The molecule has 0 aliphatic carbocycles. The molecule has 0 fully saturated rings. The van der Waals surface area contributed by atoms with Crippen molar-refractivity contribution in [2.24, 2.45) is 0 Å². The predicted molar refractivity (Wildman–Crippen MR) is 65.6 cm³/mol. The molecule has 0 aromatic heterocycles. The smallest absolute Gasteiger partial charge is 0.125 e. The van der Waals surface area contributed by atoms with Gasteiger partial charge in [-0.1, -0.05) is 25.1 Å². The Hall–Kier alpha value is -0.670. The Labute approximate surface area is 95.7 Å². The van der Waals surface area contributed by atoms with Gasteiger partial charge in [-0.15, -0.1) is 0 Å². The first kappa shape index (κ1) is 12.4. The minimum absolute atomic E-state index is 0.421. The molecule has 2 nitrogen and oxygen atoms in total. The van der Waals surface area contributed by atoms with Crippen molar-refractivity contribution in [3.8, 4) is 5.75 Å². The zero-order chi connectivity index (χ0) is 11.1. The van der Waals surface area contributed by atoms with E-state index in [1.54, 1.807) is 11.8 Å². The molecule has 1 N–H and O–H groups in total. The van der Waals surface area contributed by atoms with Crippen LogP contribution in [0.4, 0.5) is 0 Å². The number of ether oxygens (including phenoxy) is 1. The molecule has 1 rings (SSSR count). The van der Waals surface area contributed by atoms with Crippen LogP contribution in [0.25, 0.3) is 0 Å². The normalized spacial score (nSPS) is 12.5. The van der Waals surface area contributed by atoms with Gasteiger partial charge in [0.15, 0.2) is 0 Å². The summed E-state index contributed by atoms with van der Waals surface area (Å²) in [5.41, 5.74) is 0.890. The molecule has 0 unspecified atom stereocenters. The fourth-order valence-electron chi connectivity index (χ4n) is 1.34. The Balaban J connectivity index is 2.68. The second-order valence-corrected chi connectivity index (χ2v) is 4.29. The summed E-state index contributed by atoms with van der Waals surface area (Å²) >= 11 is 1.75. The van der Waals surface area contributed by atoms with E-state index < -0.39 is 6.10 Å². The van der Waals surface area contributed by atoms with E-state index >= 15 is 0 Å². The van der Waals surface area contributed by atoms with Crippen LogP contribution >= 0.6 is 11.8 Å². The van der Waals surface area contributed by atoms with Gasteiger partial charge in [0, 0.05) is 11.3 Å². The van der Waals surface area contributed by atoms with Crippen LogP contribution in [0.5, 0.6) is 5.75 Å². The van der Waals surface area contributed by atoms with Crippen LogP contribution in [0.15, 0.2) is 24.3 Å². The van der Waals surface area contributed by atoms with Crippen molar-refractivity contribution in [2.45, 2.75) is 19.4 Å². The van der Waals surface area contributed by atoms with E-state index in [0.717, 1.165) is 17.1 Å². The highest BCUT2D eigenvalue weighted by Crippen LogP contribution is 2.26. The van der Waals surface area contributed by atoms with Crippen molar-refractivity contribution >= 4 is 11.8 Å². The first-order chi connectivity index (χ1) is 7.29. The third-order valence-electron chi connectivity index (χ3n) is 2.21. The van der Waals surface area contributed by atoms with Gasteiger partial charge >= 0.3 is 0 Å². The maximum Gasteiger partial charge on any atom is 0.125 e. The van der Waals surface area contributed by atoms with Crippen molar-refractivity contribution in [1.29, 1.82) is 0 Å². The Bertz CT molecular complexity index is 289. The third-order valence-corrected chi connectivity index (χ3v) is 2.78. The van der Waals surface area contributed by atoms with E-state index in [0.29, 0.717) is 13.0 Å². The summed E-state index contributed by atoms with van der Waals surface area (Å²) in [5, 5.41) is 9.78. The van der Waals surface area contributed by atoms with Crippen LogP contribution in [-0.4, -0.2) is 23.7 Å². The highest BCUT2D eigenvalue weighted by molar-refractivity contribution is 7.98. The maximum absolute atomic E-state index is 9.78. The molecule has 0 aliphatic rings. The van der Waals surface area contributed by atoms with Crippen LogP contribution in [-0.2, 0) is 0 Å². The molecule has 1 atom stereocenters. The van der Waals surface area contributed by atoms with Crippen molar-refractivity contribution in [2.75, 3.05) is 18.6 Å². The van der Waals surface area contributed by atoms with E-state index in [9.17, 15) is 5.11 Å². The average Bonchev–Trinajstić information content (AvgIpc) is 2.29. The third kappa shape index (κ3) is 3.76. The first-order valence-corrected chi connectivity index (χ1v) is 6.57. The standard InChI is InChI=1S/C12H18O2S/c1-3-11(13)10-6-4-5-7-12(10)14-8-9-15-2/h4-7,11,13H,3,8-9H2,1-2H3/t11-/m0/s1. The van der Waals surface area contributed by atoms with Gasteiger partial charge in [0.1, 0.15) is 5.75 Å². The molecule has 84 valence electrons. The number of aliphatic hydroxyl groups is 1. The molecule has 0 heterocycles. The van der Waals surface area contributed by atoms with Crippen molar-refractivity contribution in [3.05, 3.63) is 29.8 Å². The second-order valence-electron chi connectivity index (χ2n) is 3.30. The number of para-hydroxylation sites is 1. The first-order valence-electron chi connectivity index (χ1n) is 5.18. The SMILES string of the molecule is CC[C@H](O)c1ccccc1OCCSC. The molecule has 0 bridgehead atoms. The van der Waals surface area contributed by atoms with Gasteiger partial charge in [-0.2, -0.15) is 11.8 Å². The molecule has 0 spiro atoms. The lowest BCUT2D eigenvalue weighted by molar-refractivity contribution is 0.168. The van der Waals surface area contributed by atoms with Gasteiger partial charge in [0.25, 0.3) is 0 Å². The van der Waals surface area contributed by atoms with E-state index in [-0.39, 0.29) is 0 Å². The van der Waals surface area contributed by atoms with Gasteiger partial charge in [-0.3, -0.25) is 0 Å². The quantitative estimate of drug-likeness (QED) is 0.756. The Morgan fingerprint density at radius 2 is 2.13 bits per heavy atom. The lowest BCUT2D eigenvalue weighted by Gasteiger charge is -2.14. The monoisotopic (exact) mass is 226 g/mol. The van der Waals surface area contributed by atoms with Crippen LogP contribution < -0.4 is 4.74 Å². The summed E-state index contributed by atoms with van der Waals surface area (Å²) < 4.78 is 5.62. The summed E-state index contributed by atoms with van der Waals surface area (Å²) in [7, 11) is 0. The number of hydrogen-bond donors (Lipinski definition) is 1. The highest BCUT2D eigenvalue weighted by atomic mass is 32.2. The minimum Gasteiger partial charge on any atom is -0.492 e. The van der Waals surface area contributed by atoms with Gasteiger partial charge in [0.05, 0.1) is 12.7 Å². The van der Waals surface area contributed by atoms with Gasteiger partial charge in [-0.25, -0.2) is 0 Å². The van der Waals surface area contributed by atoms with Crippen LogP contribution in [0.2, 0.25) is 0 Å². The second kappa shape index (κ2) is 6.75. The van der Waals surface area contributed by atoms with Crippen LogP contribution in [0.1, 0.15) is 25.0 Å². The largest absolute Gasteiger partial charge is 0.492 e. The minimum atomic E-state index is -0.421. The molecule has 1 aromatic rings. The number of thioether (sulfide) groups is 1. The number of benzene rings is 1. The highest BCUT2D eigenvalue weighted by Gasteiger charge is 2.10. The summed E-state index contributed by atoms with van der Waals surface area (Å²) in [5.74, 6) is 1.78. The molecule has 3 heteroatoms. The number of rotatable bonds is 6. The van der Waals surface area contributed by atoms with Gasteiger partial charge < -0.3 is 9.84 Å². The van der Waals surface area contributed by atoms with Crippen LogP contribution in [0, 0.1) is 0 Å². The van der Waals surface area contributed by atoms with Crippen LogP contribution in [0.3, 0.4) is 0 Å². The van der Waals surface area contributed by atoms with E-state index in [4.69, 9.17) is 4.74 Å². The Morgan fingerprint density at radius 3 is 2.80 bits per heavy atom. The number of hydrogen-bond acceptors (Lipinski definition) is 3. The average molecular weight is 226 g/mol. The molecular formula is C12H18O2S. The van der Waals surface area contributed by atoms with Crippen molar-refractivity contribution in [3.63, 3.8) is 0 Å². The predicted octanol–water partition coefficient (Wildman–Crippen LogP) is 2.87. The fraction of sp³-hybridized carbons (Fsp3) is 0.500. The molecule has 1 aromatic carbocycles. The summed E-state index contributed by atoms with van der Waals surface area (Å²) in [6, 6.07) is 7.69. The fourth-order valence-corrected chi connectivity index (χ4v) is 1.59. The molecule has 0 radical (unpaired) electrons. The summed E-state index contributed by atoms with van der Waals surface area (Å²) in [6.07, 6.45) is 2.34. The molecule has 0 saturated heterocycles. The van der Waals surface area contributed by atoms with Gasteiger partial charge in [0.2, 0.25) is 0 Å². The van der Waals surface area contributed by atoms with E-state index in [2.05, 4.69) is 6.26 Å². The summed E-state index contributed by atoms with van der Waals surface area (Å²) in [6.45, 7) is 2.65. The number of aliphatic hydroxyl groups excluding tert-OH is 1.